The molecule has 1 heterocycles. The molecule has 0 N–H and O–H groups in total. The maximum atomic E-state index is 13.1. The summed E-state index contributed by atoms with van der Waals surface area (Å²) in [6, 6.07) is 3.99. The molecule has 2 aliphatic rings. The van der Waals surface area contributed by atoms with Gasteiger partial charge in [-0.25, -0.2) is 4.39 Å². The minimum absolute atomic E-state index is 0.205. The molecule has 100 valence electrons. The number of ketones is 1. The van der Waals surface area contributed by atoms with E-state index in [1.807, 2.05) is 0 Å². The number of anilines is 1. The molecule has 0 radical (unpaired) electrons. The molecule has 1 aromatic carbocycles. The first kappa shape index (κ1) is 12.3. The number of rotatable bonds is 3. The van der Waals surface area contributed by atoms with Gasteiger partial charge in [-0.1, -0.05) is 25.7 Å². The molecule has 4 heteroatoms. The standard InChI is InChI=1S/C15H16FNO2/c16-11-5-6-13-12(9-11)14(18)15(19)17(13)8-7-10-3-1-2-4-10/h5-6,9-10H,1-4,7-8H2. The highest BCUT2D eigenvalue weighted by Crippen LogP contribution is 2.32. The quantitative estimate of drug-likeness (QED) is 0.784. The minimum Gasteiger partial charge on any atom is -0.305 e. The molecule has 0 bridgehead atoms. The van der Waals surface area contributed by atoms with Crippen molar-refractivity contribution in [3.05, 3.63) is 29.6 Å². The third-order valence-corrected chi connectivity index (χ3v) is 4.17. The number of carbonyl (C=O) groups excluding carboxylic acids is 2. The Morgan fingerprint density at radius 3 is 2.68 bits per heavy atom. The van der Waals surface area contributed by atoms with Crippen LogP contribution in [-0.4, -0.2) is 18.2 Å². The highest BCUT2D eigenvalue weighted by Gasteiger charge is 2.36. The van der Waals surface area contributed by atoms with Gasteiger partial charge in [-0.3, -0.25) is 9.59 Å². The van der Waals surface area contributed by atoms with E-state index in [4.69, 9.17) is 0 Å². The van der Waals surface area contributed by atoms with Crippen molar-refractivity contribution in [2.45, 2.75) is 32.1 Å². The van der Waals surface area contributed by atoms with Gasteiger partial charge in [0.25, 0.3) is 11.7 Å². The molecule has 1 aromatic rings. The summed E-state index contributed by atoms with van der Waals surface area (Å²) >= 11 is 0. The van der Waals surface area contributed by atoms with E-state index in [2.05, 4.69) is 0 Å². The van der Waals surface area contributed by atoms with Crippen molar-refractivity contribution in [3.63, 3.8) is 0 Å². The highest BCUT2D eigenvalue weighted by atomic mass is 19.1. The molecule has 0 aromatic heterocycles. The summed E-state index contributed by atoms with van der Waals surface area (Å²) in [5.74, 6) is -0.913. The predicted molar refractivity (Wildman–Crippen MR) is 69.7 cm³/mol. The van der Waals surface area contributed by atoms with Crippen molar-refractivity contribution in [2.24, 2.45) is 5.92 Å². The summed E-state index contributed by atoms with van der Waals surface area (Å²) in [5.41, 5.74) is 0.769. The second kappa shape index (κ2) is 4.76. The van der Waals surface area contributed by atoms with Crippen molar-refractivity contribution in [1.29, 1.82) is 0 Å². The summed E-state index contributed by atoms with van der Waals surface area (Å²) in [4.78, 5) is 25.2. The molecular weight excluding hydrogens is 245 g/mol. The van der Waals surface area contributed by atoms with Gasteiger partial charge in [0.05, 0.1) is 11.3 Å². The van der Waals surface area contributed by atoms with Crippen molar-refractivity contribution in [1.82, 2.24) is 0 Å². The van der Waals surface area contributed by atoms with Gasteiger partial charge in [0.15, 0.2) is 0 Å². The molecule has 3 rings (SSSR count). The minimum atomic E-state index is -0.582. The number of fused-ring (bicyclic) bond motifs is 1. The van der Waals surface area contributed by atoms with Gasteiger partial charge in [-0.05, 0) is 30.5 Å². The Hall–Kier alpha value is -1.71. The third kappa shape index (κ3) is 2.15. The monoisotopic (exact) mass is 261 g/mol. The molecule has 1 aliphatic carbocycles. The second-order valence-electron chi connectivity index (χ2n) is 5.39. The largest absolute Gasteiger partial charge is 0.305 e. The van der Waals surface area contributed by atoms with Crippen LogP contribution in [0.2, 0.25) is 0 Å². The molecule has 0 saturated heterocycles. The molecule has 0 atom stereocenters. The van der Waals surface area contributed by atoms with Crippen LogP contribution in [0.3, 0.4) is 0 Å². The van der Waals surface area contributed by atoms with E-state index in [0.717, 1.165) is 12.5 Å². The number of halogens is 1. The third-order valence-electron chi connectivity index (χ3n) is 4.17. The lowest BCUT2D eigenvalue weighted by molar-refractivity contribution is -0.114. The Morgan fingerprint density at radius 2 is 1.95 bits per heavy atom. The number of carbonyl (C=O) groups is 2. The number of nitrogens with zero attached hydrogens (tertiary/aromatic N) is 1. The van der Waals surface area contributed by atoms with Gasteiger partial charge >= 0.3 is 0 Å². The Morgan fingerprint density at radius 1 is 1.21 bits per heavy atom. The second-order valence-corrected chi connectivity index (χ2v) is 5.39. The number of Topliss-reactive ketones (excluding diaryl/α,β-unsaturated/α-hetero) is 1. The Bertz CT molecular complexity index is 535. The Kier molecular flexibility index (Phi) is 3.09. The first-order chi connectivity index (χ1) is 9.16. The van der Waals surface area contributed by atoms with Gasteiger partial charge in [0.1, 0.15) is 5.82 Å². The number of amides is 1. The summed E-state index contributed by atoms with van der Waals surface area (Å²) in [6.45, 7) is 0.563. The highest BCUT2D eigenvalue weighted by molar-refractivity contribution is 6.52. The zero-order chi connectivity index (χ0) is 13.4. The van der Waals surface area contributed by atoms with Gasteiger partial charge in [0.2, 0.25) is 0 Å². The van der Waals surface area contributed by atoms with E-state index in [0.29, 0.717) is 18.2 Å². The number of hydrogen-bond acceptors (Lipinski definition) is 2. The summed E-state index contributed by atoms with van der Waals surface area (Å²) < 4.78 is 13.1. The van der Waals surface area contributed by atoms with Crippen molar-refractivity contribution in [3.8, 4) is 0 Å². The molecule has 19 heavy (non-hydrogen) atoms. The van der Waals surface area contributed by atoms with Crippen molar-refractivity contribution in [2.75, 3.05) is 11.4 Å². The molecule has 3 nitrogen and oxygen atoms in total. The molecule has 1 saturated carbocycles. The van der Waals surface area contributed by atoms with E-state index in [1.165, 1.54) is 42.7 Å². The number of hydrogen-bond donors (Lipinski definition) is 0. The lowest BCUT2D eigenvalue weighted by Gasteiger charge is -2.18. The first-order valence-electron chi connectivity index (χ1n) is 6.82. The van der Waals surface area contributed by atoms with Gasteiger partial charge in [-0.15, -0.1) is 0 Å². The van der Waals surface area contributed by atoms with E-state index in [-0.39, 0.29) is 5.56 Å². The summed E-state index contributed by atoms with van der Waals surface area (Å²) in [6.07, 6.45) is 5.88. The topological polar surface area (TPSA) is 37.4 Å². The Balaban J connectivity index is 1.78. The smallest absolute Gasteiger partial charge is 0.299 e. The average molecular weight is 261 g/mol. The van der Waals surface area contributed by atoms with Gasteiger partial charge < -0.3 is 4.90 Å². The maximum Gasteiger partial charge on any atom is 0.299 e. The fourth-order valence-electron chi connectivity index (χ4n) is 3.11. The maximum absolute atomic E-state index is 13.1. The van der Waals surface area contributed by atoms with E-state index < -0.39 is 17.5 Å². The van der Waals surface area contributed by atoms with Crippen molar-refractivity contribution < 1.29 is 14.0 Å². The van der Waals surface area contributed by atoms with Crippen LogP contribution in [0, 0.1) is 11.7 Å². The lowest BCUT2D eigenvalue weighted by atomic mass is 10.0. The van der Waals surface area contributed by atoms with Crippen LogP contribution >= 0.6 is 0 Å². The van der Waals surface area contributed by atoms with E-state index in [9.17, 15) is 14.0 Å². The SMILES string of the molecule is O=C1C(=O)N(CCC2CCCC2)c2ccc(F)cc21. The normalized spacial score (nSPS) is 19.3. The predicted octanol–water partition coefficient (Wildman–Crippen LogP) is 2.94. The molecule has 1 aliphatic heterocycles. The van der Waals surface area contributed by atoms with Crippen LogP contribution in [0.4, 0.5) is 10.1 Å². The van der Waals surface area contributed by atoms with E-state index in [1.54, 1.807) is 0 Å². The van der Waals surface area contributed by atoms with Crippen LogP contribution < -0.4 is 4.90 Å². The van der Waals surface area contributed by atoms with Crippen LogP contribution in [0.25, 0.3) is 0 Å². The van der Waals surface area contributed by atoms with Crippen LogP contribution in [0.15, 0.2) is 18.2 Å². The van der Waals surface area contributed by atoms with Crippen molar-refractivity contribution >= 4 is 17.4 Å². The molecular formula is C15H16FNO2. The van der Waals surface area contributed by atoms with E-state index >= 15 is 0 Å². The zero-order valence-electron chi connectivity index (χ0n) is 10.7. The first-order valence-corrected chi connectivity index (χ1v) is 6.82. The molecule has 1 amide bonds. The molecule has 0 spiro atoms. The van der Waals surface area contributed by atoms with Crippen LogP contribution in [0.5, 0.6) is 0 Å². The van der Waals surface area contributed by atoms with Gasteiger partial charge in [-0.2, -0.15) is 0 Å². The van der Waals surface area contributed by atoms with Crippen LogP contribution in [0.1, 0.15) is 42.5 Å². The fraction of sp³-hybridized carbons (Fsp3) is 0.467. The fourth-order valence-corrected chi connectivity index (χ4v) is 3.11. The number of benzene rings is 1. The molecule has 0 unspecified atom stereocenters. The average Bonchev–Trinajstić information content (AvgIpc) is 2.98. The van der Waals surface area contributed by atoms with Crippen LogP contribution in [-0.2, 0) is 4.79 Å². The van der Waals surface area contributed by atoms with Gasteiger partial charge in [0, 0.05) is 6.54 Å². The summed E-state index contributed by atoms with van der Waals surface area (Å²) in [7, 11) is 0. The Labute approximate surface area is 111 Å². The molecule has 1 fully saturated rings. The summed E-state index contributed by atoms with van der Waals surface area (Å²) in [5, 5.41) is 0. The lowest BCUT2D eigenvalue weighted by Crippen LogP contribution is -2.31. The zero-order valence-corrected chi connectivity index (χ0v) is 10.7.